The van der Waals surface area contributed by atoms with Gasteiger partial charge in [0.1, 0.15) is 0 Å². The van der Waals surface area contributed by atoms with Crippen molar-refractivity contribution in [2.45, 2.75) is 11.8 Å². The molecule has 11 heteroatoms. The molecule has 0 heterocycles. The summed E-state index contributed by atoms with van der Waals surface area (Å²) in [6, 6.07) is 9.44. The van der Waals surface area contributed by atoms with E-state index >= 15 is 0 Å². The molecule has 0 aliphatic rings. The van der Waals surface area contributed by atoms with Gasteiger partial charge in [0.05, 0.1) is 32.4 Å². The predicted molar refractivity (Wildman–Crippen MR) is 108 cm³/mol. The molecule has 0 unspecified atom stereocenters. The van der Waals surface area contributed by atoms with Crippen LogP contribution in [0.2, 0.25) is 0 Å². The Morgan fingerprint density at radius 1 is 1.03 bits per heavy atom. The van der Waals surface area contributed by atoms with Crippen LogP contribution in [0.3, 0.4) is 0 Å². The summed E-state index contributed by atoms with van der Waals surface area (Å²) in [5, 5.41) is 7.42. The van der Waals surface area contributed by atoms with Crippen molar-refractivity contribution in [2.24, 2.45) is 15.9 Å². The second kappa shape index (κ2) is 9.75. The van der Waals surface area contributed by atoms with Crippen LogP contribution in [0, 0.1) is 6.92 Å². The molecule has 0 radical (unpaired) electrons. The van der Waals surface area contributed by atoms with Crippen LogP contribution in [0.15, 0.2) is 51.5 Å². The van der Waals surface area contributed by atoms with E-state index in [2.05, 4.69) is 14.5 Å². The Bertz CT molecular complexity index is 979. The quantitative estimate of drug-likeness (QED) is 0.372. The lowest BCUT2D eigenvalue weighted by molar-refractivity contribution is 0.266. The fourth-order valence-corrected chi connectivity index (χ4v) is 2.97. The number of methoxy groups -OCH3 is 3. The number of rotatable bonds is 8. The van der Waals surface area contributed by atoms with E-state index in [0.717, 1.165) is 5.56 Å². The minimum atomic E-state index is -4.05. The summed E-state index contributed by atoms with van der Waals surface area (Å²) < 4.78 is 44.5. The highest BCUT2D eigenvalue weighted by atomic mass is 32.2. The molecule has 0 atom stereocenters. The van der Waals surface area contributed by atoms with Gasteiger partial charge in [0.15, 0.2) is 11.5 Å². The van der Waals surface area contributed by atoms with Crippen molar-refractivity contribution in [1.82, 2.24) is 5.48 Å². The number of nitrogens with zero attached hydrogens (tertiary/aromatic N) is 2. The molecule has 3 N–H and O–H groups in total. The standard InChI is InChI=1S/C18H22N4O6S/c1-12-5-7-14(8-6-12)29(23,24)28-22-18(19)21-20-11-13-9-15(25-2)17(27-4)16(10-13)26-3/h5-11H,1-4H3,(H3,19,21,22). The molecule has 2 aromatic rings. The molecule has 2 aromatic carbocycles. The van der Waals surface area contributed by atoms with Gasteiger partial charge in [-0.25, -0.2) is 5.48 Å². The average molecular weight is 422 g/mol. The molecule has 0 spiro atoms. The van der Waals surface area contributed by atoms with Gasteiger partial charge >= 0.3 is 10.1 Å². The van der Waals surface area contributed by atoms with Crippen LogP contribution >= 0.6 is 0 Å². The fourth-order valence-electron chi connectivity index (χ4n) is 2.20. The highest BCUT2D eigenvalue weighted by Crippen LogP contribution is 2.37. The van der Waals surface area contributed by atoms with Gasteiger partial charge in [-0.2, -0.15) is 13.5 Å². The number of hydrogen-bond acceptors (Lipinski definition) is 8. The lowest BCUT2D eigenvalue weighted by Crippen LogP contribution is -2.33. The lowest BCUT2D eigenvalue weighted by Gasteiger charge is -2.12. The molecular formula is C18H22N4O6S. The number of hydroxylamine groups is 1. The molecule has 0 aromatic heterocycles. The normalized spacial score (nSPS) is 12.1. The Morgan fingerprint density at radius 3 is 2.14 bits per heavy atom. The number of ether oxygens (including phenoxy) is 3. The predicted octanol–water partition coefficient (Wildman–Crippen LogP) is 1.58. The molecule has 2 rings (SSSR count). The van der Waals surface area contributed by atoms with Crippen molar-refractivity contribution in [3.63, 3.8) is 0 Å². The van der Waals surface area contributed by atoms with Gasteiger partial charge in [-0.3, -0.25) is 0 Å². The zero-order chi connectivity index (χ0) is 21.4. The van der Waals surface area contributed by atoms with E-state index in [1.54, 1.807) is 24.3 Å². The summed E-state index contributed by atoms with van der Waals surface area (Å²) in [6.45, 7) is 1.84. The zero-order valence-electron chi connectivity index (χ0n) is 16.4. The first-order valence-corrected chi connectivity index (χ1v) is 9.64. The monoisotopic (exact) mass is 422 g/mol. The first-order chi connectivity index (χ1) is 13.8. The number of nitrogens with two attached hydrogens (primary N) is 1. The third-order valence-electron chi connectivity index (χ3n) is 3.62. The summed E-state index contributed by atoms with van der Waals surface area (Å²) in [7, 11) is 0.430. The second-order valence-electron chi connectivity index (χ2n) is 5.64. The van der Waals surface area contributed by atoms with Crippen LogP contribution in [-0.4, -0.2) is 41.9 Å². The Kier molecular flexibility index (Phi) is 7.39. The van der Waals surface area contributed by atoms with Crippen molar-refractivity contribution in [3.8, 4) is 17.2 Å². The van der Waals surface area contributed by atoms with Gasteiger partial charge in [0, 0.05) is 5.56 Å². The van der Waals surface area contributed by atoms with E-state index < -0.39 is 10.1 Å². The molecule has 0 saturated heterocycles. The first kappa shape index (κ1) is 22.0. The van der Waals surface area contributed by atoms with Gasteiger partial charge in [-0.05, 0) is 31.2 Å². The molecular weight excluding hydrogens is 400 g/mol. The smallest absolute Gasteiger partial charge is 0.317 e. The molecule has 0 bridgehead atoms. The summed E-state index contributed by atoms with van der Waals surface area (Å²) in [5.74, 6) is 0.961. The number of hydrogen-bond donors (Lipinski definition) is 2. The molecule has 0 fully saturated rings. The number of nitrogens with one attached hydrogen (secondary N) is 1. The lowest BCUT2D eigenvalue weighted by atomic mass is 10.2. The molecule has 29 heavy (non-hydrogen) atoms. The van der Waals surface area contributed by atoms with E-state index in [1.165, 1.54) is 39.7 Å². The van der Waals surface area contributed by atoms with E-state index in [0.29, 0.717) is 22.8 Å². The van der Waals surface area contributed by atoms with E-state index in [9.17, 15) is 8.42 Å². The largest absolute Gasteiger partial charge is 0.493 e. The minimum Gasteiger partial charge on any atom is -0.493 e. The Balaban J connectivity index is 2.07. The van der Waals surface area contributed by atoms with Crippen LogP contribution in [0.1, 0.15) is 11.1 Å². The van der Waals surface area contributed by atoms with Gasteiger partial charge in [0.25, 0.3) is 0 Å². The van der Waals surface area contributed by atoms with E-state index in [4.69, 9.17) is 19.9 Å². The van der Waals surface area contributed by atoms with Crippen molar-refractivity contribution >= 4 is 22.3 Å². The molecule has 156 valence electrons. The van der Waals surface area contributed by atoms with Gasteiger partial charge in [0.2, 0.25) is 11.7 Å². The maximum Gasteiger partial charge on any atom is 0.317 e. The first-order valence-electron chi connectivity index (χ1n) is 8.23. The Morgan fingerprint density at radius 2 is 1.62 bits per heavy atom. The Labute approximate surface area is 169 Å². The number of benzene rings is 2. The van der Waals surface area contributed by atoms with Crippen molar-refractivity contribution < 1.29 is 26.9 Å². The topological polar surface area (TPSA) is 134 Å². The second-order valence-corrected chi connectivity index (χ2v) is 7.19. The molecule has 10 nitrogen and oxygen atoms in total. The van der Waals surface area contributed by atoms with Gasteiger partial charge in [-0.15, -0.1) is 9.39 Å². The zero-order valence-corrected chi connectivity index (χ0v) is 17.2. The van der Waals surface area contributed by atoms with Gasteiger partial charge < -0.3 is 19.9 Å². The van der Waals surface area contributed by atoms with Crippen LogP contribution in [0.25, 0.3) is 0 Å². The van der Waals surface area contributed by atoms with Crippen LogP contribution < -0.4 is 25.4 Å². The van der Waals surface area contributed by atoms with E-state index in [1.807, 2.05) is 12.4 Å². The molecule has 0 aliphatic heterocycles. The highest BCUT2D eigenvalue weighted by molar-refractivity contribution is 7.86. The molecule has 0 amide bonds. The van der Waals surface area contributed by atoms with Crippen molar-refractivity contribution in [3.05, 3.63) is 47.5 Å². The highest BCUT2D eigenvalue weighted by Gasteiger charge is 2.16. The minimum absolute atomic E-state index is 0.0238. The van der Waals surface area contributed by atoms with Crippen LogP contribution in [0.5, 0.6) is 17.2 Å². The SMILES string of the molecule is COc1cc(C=NN=C(N)NOS(=O)(=O)c2ccc(C)cc2)cc(OC)c1OC. The third kappa shape index (κ3) is 5.83. The average Bonchev–Trinajstić information content (AvgIpc) is 2.71. The summed E-state index contributed by atoms with van der Waals surface area (Å²) in [4.78, 5) is -0.0238. The summed E-state index contributed by atoms with van der Waals surface area (Å²) in [6.07, 6.45) is 1.37. The summed E-state index contributed by atoms with van der Waals surface area (Å²) >= 11 is 0. The molecule has 0 saturated carbocycles. The Hall–Kier alpha value is -3.31. The van der Waals surface area contributed by atoms with Crippen LogP contribution in [0.4, 0.5) is 0 Å². The van der Waals surface area contributed by atoms with Crippen molar-refractivity contribution in [1.29, 1.82) is 0 Å². The van der Waals surface area contributed by atoms with Crippen molar-refractivity contribution in [2.75, 3.05) is 21.3 Å². The van der Waals surface area contributed by atoms with Crippen LogP contribution in [-0.2, 0) is 14.4 Å². The molecule has 0 aliphatic carbocycles. The maximum absolute atomic E-state index is 12.1. The maximum atomic E-state index is 12.1. The fraction of sp³-hybridized carbons (Fsp3) is 0.222. The summed E-state index contributed by atoms with van der Waals surface area (Å²) in [5.41, 5.74) is 9.12. The third-order valence-corrected chi connectivity index (χ3v) is 4.78. The van der Waals surface area contributed by atoms with Gasteiger partial charge in [-0.1, -0.05) is 17.7 Å². The number of guanidine groups is 1. The van der Waals surface area contributed by atoms with E-state index in [-0.39, 0.29) is 10.9 Å². The number of aryl methyl sites for hydroxylation is 1.